The number of likely N-dealkylation sites (N-methyl/N-ethyl adjacent to an activating group) is 1. The van der Waals surface area contributed by atoms with Crippen molar-refractivity contribution in [3.63, 3.8) is 0 Å². The molecular weight excluding hydrogens is 252 g/mol. The summed E-state index contributed by atoms with van der Waals surface area (Å²) in [6.07, 6.45) is 0. The van der Waals surface area contributed by atoms with Crippen LogP contribution in [0.1, 0.15) is 25.3 Å². The molecule has 0 aliphatic heterocycles. The quantitative estimate of drug-likeness (QED) is 0.830. The number of hydrogen-bond donors (Lipinski definition) is 1. The van der Waals surface area contributed by atoms with Crippen LogP contribution in [-0.2, 0) is 4.79 Å². The number of methoxy groups -OCH3 is 1. The van der Waals surface area contributed by atoms with Gasteiger partial charge in [0.05, 0.1) is 13.0 Å². The molecule has 0 bridgehead atoms. The number of ether oxygens (including phenoxy) is 1. The van der Waals surface area contributed by atoms with Crippen molar-refractivity contribution >= 4 is 5.91 Å². The second kappa shape index (κ2) is 7.90. The summed E-state index contributed by atoms with van der Waals surface area (Å²) in [5, 5.41) is 3.01. The first kappa shape index (κ1) is 16.5. The van der Waals surface area contributed by atoms with Crippen LogP contribution in [0.4, 0.5) is 0 Å². The monoisotopic (exact) mass is 278 g/mol. The zero-order valence-corrected chi connectivity index (χ0v) is 13.1. The highest BCUT2D eigenvalue weighted by molar-refractivity contribution is 5.83. The molecule has 0 aliphatic carbocycles. The molecular formula is C16H26N2O2. The number of hydrogen-bond acceptors (Lipinski definition) is 3. The zero-order chi connectivity index (χ0) is 15.1. The Morgan fingerprint density at radius 3 is 2.30 bits per heavy atom. The van der Waals surface area contributed by atoms with Gasteiger partial charge in [0.1, 0.15) is 5.75 Å². The van der Waals surface area contributed by atoms with E-state index in [-0.39, 0.29) is 17.7 Å². The first-order valence-electron chi connectivity index (χ1n) is 7.02. The van der Waals surface area contributed by atoms with Crippen LogP contribution in [0.15, 0.2) is 24.3 Å². The Balaban J connectivity index is 2.74. The van der Waals surface area contributed by atoms with Crippen LogP contribution in [0, 0.1) is 5.92 Å². The molecule has 0 aromatic heterocycles. The summed E-state index contributed by atoms with van der Waals surface area (Å²) in [5.74, 6) is 1.03. The molecule has 0 radical (unpaired) electrons. The number of rotatable bonds is 7. The van der Waals surface area contributed by atoms with Gasteiger partial charge in [-0.1, -0.05) is 26.0 Å². The predicted octanol–water partition coefficient (Wildman–Crippen LogP) is 2.11. The van der Waals surface area contributed by atoms with Crippen LogP contribution in [0.5, 0.6) is 5.75 Å². The van der Waals surface area contributed by atoms with E-state index in [1.807, 2.05) is 38.4 Å². The number of nitrogens with one attached hydrogen (secondary N) is 1. The van der Waals surface area contributed by atoms with Gasteiger partial charge < -0.3 is 15.0 Å². The molecule has 20 heavy (non-hydrogen) atoms. The average Bonchev–Trinajstić information content (AvgIpc) is 2.39. The van der Waals surface area contributed by atoms with Gasteiger partial charge in [-0.3, -0.25) is 4.79 Å². The van der Waals surface area contributed by atoms with Gasteiger partial charge in [-0.2, -0.15) is 0 Å². The van der Waals surface area contributed by atoms with Crippen molar-refractivity contribution in [1.29, 1.82) is 0 Å². The van der Waals surface area contributed by atoms with Crippen molar-refractivity contribution in [1.82, 2.24) is 10.2 Å². The first-order valence-corrected chi connectivity index (χ1v) is 7.02. The van der Waals surface area contributed by atoms with E-state index in [1.54, 1.807) is 7.11 Å². The lowest BCUT2D eigenvalue weighted by Crippen LogP contribution is -2.36. The van der Waals surface area contributed by atoms with Gasteiger partial charge in [0.15, 0.2) is 0 Å². The van der Waals surface area contributed by atoms with Crippen molar-refractivity contribution < 1.29 is 9.53 Å². The minimum atomic E-state index is -0.122. The molecule has 4 heteroatoms. The fourth-order valence-electron chi connectivity index (χ4n) is 2.16. The summed E-state index contributed by atoms with van der Waals surface area (Å²) in [4.78, 5) is 14.4. The van der Waals surface area contributed by atoms with E-state index in [2.05, 4.69) is 24.1 Å². The third kappa shape index (κ3) is 4.85. The SMILES string of the molecule is COc1ccc(C(C(=O)NCCN(C)C)C(C)C)cc1. The molecule has 0 heterocycles. The minimum Gasteiger partial charge on any atom is -0.497 e. The van der Waals surface area contributed by atoms with Gasteiger partial charge in [-0.05, 0) is 37.7 Å². The van der Waals surface area contributed by atoms with Crippen molar-refractivity contribution in [2.45, 2.75) is 19.8 Å². The third-order valence-electron chi connectivity index (χ3n) is 3.28. The van der Waals surface area contributed by atoms with Crippen molar-refractivity contribution in [3.8, 4) is 5.75 Å². The fraction of sp³-hybridized carbons (Fsp3) is 0.562. The molecule has 0 aliphatic rings. The third-order valence-corrected chi connectivity index (χ3v) is 3.28. The number of nitrogens with zero attached hydrogens (tertiary/aromatic N) is 1. The molecule has 4 nitrogen and oxygen atoms in total. The second-order valence-corrected chi connectivity index (χ2v) is 5.59. The van der Waals surface area contributed by atoms with E-state index in [9.17, 15) is 4.79 Å². The van der Waals surface area contributed by atoms with Crippen molar-refractivity contribution in [3.05, 3.63) is 29.8 Å². The van der Waals surface area contributed by atoms with Gasteiger partial charge in [-0.25, -0.2) is 0 Å². The van der Waals surface area contributed by atoms with E-state index in [0.717, 1.165) is 17.9 Å². The second-order valence-electron chi connectivity index (χ2n) is 5.59. The van der Waals surface area contributed by atoms with E-state index >= 15 is 0 Å². The zero-order valence-electron chi connectivity index (χ0n) is 13.1. The Morgan fingerprint density at radius 1 is 1.25 bits per heavy atom. The molecule has 0 fully saturated rings. The smallest absolute Gasteiger partial charge is 0.227 e. The Morgan fingerprint density at radius 2 is 1.85 bits per heavy atom. The number of carbonyl (C=O) groups excluding carboxylic acids is 1. The Bertz CT molecular complexity index is 413. The molecule has 1 rings (SSSR count). The summed E-state index contributed by atoms with van der Waals surface area (Å²) in [7, 11) is 5.63. The highest BCUT2D eigenvalue weighted by Gasteiger charge is 2.23. The fourth-order valence-corrected chi connectivity index (χ4v) is 2.16. The van der Waals surface area contributed by atoms with Gasteiger partial charge >= 0.3 is 0 Å². The number of carbonyl (C=O) groups is 1. The van der Waals surface area contributed by atoms with Gasteiger partial charge in [0.25, 0.3) is 0 Å². The molecule has 112 valence electrons. The maximum absolute atomic E-state index is 12.4. The van der Waals surface area contributed by atoms with Crippen LogP contribution in [-0.4, -0.2) is 45.1 Å². The van der Waals surface area contributed by atoms with E-state index in [1.165, 1.54) is 0 Å². The van der Waals surface area contributed by atoms with Crippen molar-refractivity contribution in [2.24, 2.45) is 5.92 Å². The van der Waals surface area contributed by atoms with E-state index < -0.39 is 0 Å². The van der Waals surface area contributed by atoms with Crippen LogP contribution < -0.4 is 10.1 Å². The maximum atomic E-state index is 12.4. The lowest BCUT2D eigenvalue weighted by Gasteiger charge is -2.21. The molecule has 1 amide bonds. The maximum Gasteiger partial charge on any atom is 0.227 e. The largest absolute Gasteiger partial charge is 0.497 e. The predicted molar refractivity (Wildman–Crippen MR) is 82.1 cm³/mol. The molecule has 1 unspecified atom stereocenters. The highest BCUT2D eigenvalue weighted by atomic mass is 16.5. The summed E-state index contributed by atoms with van der Waals surface area (Å²) < 4.78 is 5.16. The topological polar surface area (TPSA) is 41.6 Å². The Hall–Kier alpha value is -1.55. The summed E-state index contributed by atoms with van der Waals surface area (Å²) >= 11 is 0. The lowest BCUT2D eigenvalue weighted by molar-refractivity contribution is -0.123. The van der Waals surface area contributed by atoms with Crippen LogP contribution >= 0.6 is 0 Å². The molecule has 1 N–H and O–H groups in total. The van der Waals surface area contributed by atoms with Gasteiger partial charge in [-0.15, -0.1) is 0 Å². The molecule has 1 aromatic rings. The highest BCUT2D eigenvalue weighted by Crippen LogP contribution is 2.26. The van der Waals surface area contributed by atoms with E-state index in [4.69, 9.17) is 4.74 Å². The van der Waals surface area contributed by atoms with Crippen LogP contribution in [0.3, 0.4) is 0 Å². The van der Waals surface area contributed by atoms with Gasteiger partial charge in [0, 0.05) is 13.1 Å². The molecule has 0 saturated heterocycles. The van der Waals surface area contributed by atoms with E-state index in [0.29, 0.717) is 6.54 Å². The summed E-state index contributed by atoms with van der Waals surface area (Å²) in [6, 6.07) is 7.74. The molecule has 0 saturated carbocycles. The normalized spacial score (nSPS) is 12.6. The van der Waals surface area contributed by atoms with Gasteiger partial charge in [0.2, 0.25) is 5.91 Å². The molecule has 0 spiro atoms. The number of benzene rings is 1. The Kier molecular flexibility index (Phi) is 6.52. The first-order chi connectivity index (χ1) is 9.45. The average molecular weight is 278 g/mol. The molecule has 1 aromatic carbocycles. The molecule has 1 atom stereocenters. The van der Waals surface area contributed by atoms with Crippen molar-refractivity contribution in [2.75, 3.05) is 34.3 Å². The van der Waals surface area contributed by atoms with Crippen LogP contribution in [0.2, 0.25) is 0 Å². The van der Waals surface area contributed by atoms with Crippen LogP contribution in [0.25, 0.3) is 0 Å². The lowest BCUT2D eigenvalue weighted by atomic mass is 9.87. The Labute approximate surface area is 122 Å². The number of amides is 1. The standard InChI is InChI=1S/C16H26N2O2/c1-12(2)15(16(19)17-10-11-18(3)4)13-6-8-14(20-5)9-7-13/h6-9,12,15H,10-11H2,1-5H3,(H,17,19). The summed E-state index contributed by atoms with van der Waals surface area (Å²) in [5.41, 5.74) is 1.03. The summed E-state index contributed by atoms with van der Waals surface area (Å²) in [6.45, 7) is 5.66. The minimum absolute atomic E-state index is 0.0898.